The van der Waals surface area contributed by atoms with Gasteiger partial charge in [-0.2, -0.15) is 0 Å². The fraction of sp³-hybridized carbons (Fsp3) is 0.562. The largest absolute Gasteiger partial charge is 0.384 e. The fourth-order valence-corrected chi connectivity index (χ4v) is 2.39. The van der Waals surface area contributed by atoms with Crippen LogP contribution in [0.3, 0.4) is 0 Å². The van der Waals surface area contributed by atoms with Crippen LogP contribution < -0.4 is 10.6 Å². The predicted octanol–water partition coefficient (Wildman–Crippen LogP) is 3.29. The standard InChI is InChI=1S/C16H25N3/c1-11(2)8-9-19(13-5-6-13)15-10-12(3)4-7-14(15)16(17)18/h4,7,10-11,13H,5-6,8-9H2,1-3H3,(H3,17,18). The Hall–Kier alpha value is -1.51. The average Bonchev–Trinajstić information content (AvgIpc) is 3.13. The van der Waals surface area contributed by atoms with E-state index in [9.17, 15) is 0 Å². The van der Waals surface area contributed by atoms with Gasteiger partial charge in [-0.1, -0.05) is 19.9 Å². The lowest BCUT2D eigenvalue weighted by Gasteiger charge is -2.28. The van der Waals surface area contributed by atoms with Gasteiger partial charge in [0.05, 0.1) is 0 Å². The van der Waals surface area contributed by atoms with E-state index < -0.39 is 0 Å². The molecule has 0 radical (unpaired) electrons. The van der Waals surface area contributed by atoms with E-state index in [-0.39, 0.29) is 5.84 Å². The van der Waals surface area contributed by atoms with Gasteiger partial charge in [-0.25, -0.2) is 0 Å². The predicted molar refractivity (Wildman–Crippen MR) is 82.0 cm³/mol. The number of nitrogen functional groups attached to an aromatic ring is 1. The number of nitrogens with one attached hydrogen (secondary N) is 1. The average molecular weight is 259 g/mol. The van der Waals surface area contributed by atoms with E-state index in [1.165, 1.54) is 24.8 Å². The zero-order valence-corrected chi connectivity index (χ0v) is 12.2. The van der Waals surface area contributed by atoms with E-state index in [1.54, 1.807) is 0 Å². The van der Waals surface area contributed by atoms with E-state index in [1.807, 2.05) is 12.1 Å². The van der Waals surface area contributed by atoms with Crippen molar-refractivity contribution in [3.8, 4) is 0 Å². The number of nitrogens with two attached hydrogens (primary N) is 1. The molecule has 0 spiro atoms. The van der Waals surface area contributed by atoms with Crippen LogP contribution in [0.4, 0.5) is 5.69 Å². The monoisotopic (exact) mass is 259 g/mol. The molecule has 1 aromatic rings. The molecule has 19 heavy (non-hydrogen) atoms. The van der Waals surface area contributed by atoms with Crippen LogP contribution >= 0.6 is 0 Å². The van der Waals surface area contributed by atoms with E-state index in [4.69, 9.17) is 11.1 Å². The molecule has 3 heteroatoms. The summed E-state index contributed by atoms with van der Waals surface area (Å²) in [6.07, 6.45) is 3.72. The van der Waals surface area contributed by atoms with Crippen molar-refractivity contribution in [3.63, 3.8) is 0 Å². The molecule has 0 amide bonds. The zero-order valence-electron chi connectivity index (χ0n) is 12.2. The minimum Gasteiger partial charge on any atom is -0.384 e. The summed E-state index contributed by atoms with van der Waals surface area (Å²) in [4.78, 5) is 2.46. The first kappa shape index (κ1) is 13.9. The van der Waals surface area contributed by atoms with E-state index in [0.29, 0.717) is 12.0 Å². The van der Waals surface area contributed by atoms with Gasteiger partial charge in [-0.15, -0.1) is 0 Å². The Morgan fingerprint density at radius 2 is 2.11 bits per heavy atom. The molecule has 3 N–H and O–H groups in total. The number of anilines is 1. The molecule has 1 fully saturated rings. The second-order valence-electron chi connectivity index (χ2n) is 6.04. The molecule has 0 bridgehead atoms. The molecule has 0 atom stereocenters. The van der Waals surface area contributed by atoms with Crippen LogP contribution in [0.15, 0.2) is 18.2 Å². The fourth-order valence-electron chi connectivity index (χ4n) is 2.39. The zero-order chi connectivity index (χ0) is 14.0. The Balaban J connectivity index is 2.29. The van der Waals surface area contributed by atoms with Gasteiger partial charge in [0, 0.05) is 23.8 Å². The second-order valence-corrected chi connectivity index (χ2v) is 6.04. The van der Waals surface area contributed by atoms with Crippen LogP contribution in [-0.2, 0) is 0 Å². The lowest BCUT2D eigenvalue weighted by molar-refractivity contribution is 0.570. The highest BCUT2D eigenvalue weighted by Gasteiger charge is 2.30. The van der Waals surface area contributed by atoms with Crippen LogP contribution in [0.2, 0.25) is 0 Å². The summed E-state index contributed by atoms with van der Waals surface area (Å²) in [5.41, 5.74) is 8.99. The number of rotatable bonds is 6. The van der Waals surface area contributed by atoms with Crippen LogP contribution in [-0.4, -0.2) is 18.4 Å². The third-order valence-corrected chi connectivity index (χ3v) is 3.69. The van der Waals surface area contributed by atoms with Gasteiger partial charge in [0.15, 0.2) is 0 Å². The Morgan fingerprint density at radius 1 is 1.42 bits per heavy atom. The Labute approximate surface area is 116 Å². The summed E-state index contributed by atoms with van der Waals surface area (Å²) >= 11 is 0. The first-order chi connectivity index (χ1) is 8.99. The molecule has 3 nitrogen and oxygen atoms in total. The van der Waals surface area contributed by atoms with E-state index >= 15 is 0 Å². The molecule has 1 saturated carbocycles. The Bertz CT molecular complexity index is 461. The highest BCUT2D eigenvalue weighted by molar-refractivity contribution is 6.00. The number of benzene rings is 1. The minimum absolute atomic E-state index is 0.171. The highest BCUT2D eigenvalue weighted by atomic mass is 15.2. The molecule has 1 aliphatic rings. The van der Waals surface area contributed by atoms with Gasteiger partial charge < -0.3 is 10.6 Å². The van der Waals surface area contributed by atoms with Gasteiger partial charge in [0.2, 0.25) is 0 Å². The SMILES string of the molecule is Cc1ccc(C(=N)N)c(N(CCC(C)C)C2CC2)c1. The molecule has 104 valence electrons. The lowest BCUT2D eigenvalue weighted by Crippen LogP contribution is -2.30. The van der Waals surface area contributed by atoms with Crippen molar-refractivity contribution in [3.05, 3.63) is 29.3 Å². The molecule has 0 aromatic heterocycles. The van der Waals surface area contributed by atoms with Gasteiger partial charge in [0.25, 0.3) is 0 Å². The van der Waals surface area contributed by atoms with E-state index in [0.717, 1.165) is 17.8 Å². The maximum absolute atomic E-state index is 7.77. The molecule has 0 saturated heterocycles. The molecule has 0 heterocycles. The van der Waals surface area contributed by atoms with Crippen molar-refractivity contribution in [2.45, 2.75) is 46.1 Å². The highest BCUT2D eigenvalue weighted by Crippen LogP contribution is 2.34. The van der Waals surface area contributed by atoms with Gasteiger partial charge in [0.1, 0.15) is 5.84 Å². The number of hydrogen-bond acceptors (Lipinski definition) is 2. The van der Waals surface area contributed by atoms with E-state index in [2.05, 4.69) is 31.7 Å². The van der Waals surface area contributed by atoms with Crippen molar-refractivity contribution in [1.82, 2.24) is 0 Å². The van der Waals surface area contributed by atoms with Crippen LogP contribution in [0.5, 0.6) is 0 Å². The third-order valence-electron chi connectivity index (χ3n) is 3.69. The molecule has 1 aliphatic carbocycles. The van der Waals surface area contributed by atoms with Crippen molar-refractivity contribution in [2.24, 2.45) is 11.7 Å². The summed E-state index contributed by atoms with van der Waals surface area (Å²) in [6, 6.07) is 6.85. The van der Waals surface area contributed by atoms with Crippen molar-refractivity contribution in [1.29, 1.82) is 5.41 Å². The summed E-state index contributed by atoms with van der Waals surface area (Å²) in [6.45, 7) is 7.67. The maximum atomic E-state index is 7.77. The molecule has 2 rings (SSSR count). The topological polar surface area (TPSA) is 53.1 Å². The Morgan fingerprint density at radius 3 is 2.63 bits per heavy atom. The summed E-state index contributed by atoms with van der Waals surface area (Å²) < 4.78 is 0. The van der Waals surface area contributed by atoms with Gasteiger partial charge in [-0.3, -0.25) is 5.41 Å². The maximum Gasteiger partial charge on any atom is 0.124 e. The quantitative estimate of drug-likeness (QED) is 0.608. The molecular formula is C16H25N3. The van der Waals surface area contributed by atoms with Crippen LogP contribution in [0, 0.1) is 18.3 Å². The van der Waals surface area contributed by atoms with Gasteiger partial charge >= 0.3 is 0 Å². The normalized spacial score (nSPS) is 14.7. The minimum atomic E-state index is 0.171. The number of hydrogen-bond donors (Lipinski definition) is 2. The summed E-state index contributed by atoms with van der Waals surface area (Å²) in [7, 11) is 0. The van der Waals surface area contributed by atoms with Crippen LogP contribution in [0.25, 0.3) is 0 Å². The molecular weight excluding hydrogens is 234 g/mol. The first-order valence-corrected chi connectivity index (χ1v) is 7.20. The van der Waals surface area contributed by atoms with Crippen molar-refractivity contribution >= 4 is 11.5 Å². The second kappa shape index (κ2) is 5.64. The van der Waals surface area contributed by atoms with Gasteiger partial charge in [-0.05, 0) is 49.8 Å². The lowest BCUT2D eigenvalue weighted by atomic mass is 10.1. The first-order valence-electron chi connectivity index (χ1n) is 7.20. The summed E-state index contributed by atoms with van der Waals surface area (Å²) in [5, 5.41) is 7.77. The Kier molecular flexibility index (Phi) is 4.13. The summed E-state index contributed by atoms with van der Waals surface area (Å²) in [5.74, 6) is 0.872. The number of amidine groups is 1. The van der Waals surface area contributed by atoms with Crippen LogP contribution in [0.1, 0.15) is 44.2 Å². The number of aryl methyl sites for hydroxylation is 1. The molecule has 1 aromatic carbocycles. The number of nitrogens with zero attached hydrogens (tertiary/aromatic N) is 1. The van der Waals surface area contributed by atoms with Crippen molar-refractivity contribution in [2.75, 3.05) is 11.4 Å². The van der Waals surface area contributed by atoms with Crippen molar-refractivity contribution < 1.29 is 0 Å². The molecule has 0 unspecified atom stereocenters. The molecule has 0 aliphatic heterocycles. The smallest absolute Gasteiger partial charge is 0.124 e. The third kappa shape index (κ3) is 3.49.